The molecule has 2 amide bonds. The Kier molecular flexibility index (Phi) is 5.52. The third-order valence-electron chi connectivity index (χ3n) is 5.18. The number of ether oxygens (including phenoxy) is 1. The van der Waals surface area contributed by atoms with Crippen LogP contribution in [0, 0.1) is 17.0 Å². The van der Waals surface area contributed by atoms with Crippen LogP contribution < -0.4 is 15.5 Å². The van der Waals surface area contributed by atoms with Gasteiger partial charge in [-0.2, -0.15) is 0 Å². The van der Waals surface area contributed by atoms with Crippen molar-refractivity contribution >= 4 is 17.5 Å². The zero-order valence-electron chi connectivity index (χ0n) is 14.7. The number of methoxy groups -OCH3 is 1. The average Bonchev–Trinajstić information content (AvgIpc) is 2.97. The molecule has 8 heteroatoms. The van der Waals surface area contributed by atoms with Crippen molar-refractivity contribution in [2.75, 3.05) is 38.3 Å². The van der Waals surface area contributed by atoms with Crippen LogP contribution in [0.3, 0.4) is 0 Å². The summed E-state index contributed by atoms with van der Waals surface area (Å²) >= 11 is 0. The lowest BCUT2D eigenvalue weighted by Crippen LogP contribution is -2.53. The van der Waals surface area contributed by atoms with E-state index in [1.165, 1.54) is 6.07 Å². The SMILES string of the molecule is COCC1(C(=O)NC2CCN(c3c(F)cccc3F)C2=O)CCNCC1. The van der Waals surface area contributed by atoms with E-state index in [0.717, 1.165) is 17.0 Å². The standard InChI is InChI=1S/C18H23F2N3O3/c1-26-11-18(6-8-21-9-7-18)17(25)22-14-5-10-23(16(14)24)15-12(19)3-2-4-13(15)20/h2-4,14,21H,5-11H2,1H3,(H,22,25). The second-order valence-electron chi connectivity index (χ2n) is 6.84. The van der Waals surface area contributed by atoms with Crippen LogP contribution in [0.4, 0.5) is 14.5 Å². The number of carbonyl (C=O) groups excluding carboxylic acids is 2. The number of nitrogens with zero attached hydrogens (tertiary/aromatic N) is 1. The molecule has 2 aliphatic heterocycles. The van der Waals surface area contributed by atoms with Gasteiger partial charge in [0.15, 0.2) is 0 Å². The molecule has 0 radical (unpaired) electrons. The van der Waals surface area contributed by atoms with Gasteiger partial charge in [0.1, 0.15) is 23.4 Å². The highest BCUT2D eigenvalue weighted by molar-refractivity contribution is 6.02. The highest BCUT2D eigenvalue weighted by Gasteiger charge is 2.43. The predicted molar refractivity (Wildman–Crippen MR) is 91.7 cm³/mol. The average molecular weight is 367 g/mol. The normalized spacial score (nSPS) is 22.5. The predicted octanol–water partition coefficient (Wildman–Crippen LogP) is 1.20. The number of nitrogens with one attached hydrogen (secondary N) is 2. The minimum absolute atomic E-state index is 0.153. The van der Waals surface area contributed by atoms with Gasteiger partial charge in [-0.1, -0.05) is 6.07 Å². The molecule has 0 spiro atoms. The Hall–Kier alpha value is -2.06. The van der Waals surface area contributed by atoms with Crippen molar-refractivity contribution in [1.29, 1.82) is 0 Å². The van der Waals surface area contributed by atoms with E-state index < -0.39 is 29.0 Å². The molecule has 2 aliphatic rings. The van der Waals surface area contributed by atoms with Crippen LogP contribution in [0.25, 0.3) is 0 Å². The number of para-hydroxylation sites is 1. The van der Waals surface area contributed by atoms with Crippen molar-refractivity contribution in [3.63, 3.8) is 0 Å². The van der Waals surface area contributed by atoms with E-state index >= 15 is 0 Å². The van der Waals surface area contributed by atoms with Gasteiger partial charge >= 0.3 is 0 Å². The summed E-state index contributed by atoms with van der Waals surface area (Å²) in [6, 6.07) is 2.69. The van der Waals surface area contributed by atoms with Crippen LogP contribution in [0.1, 0.15) is 19.3 Å². The lowest BCUT2D eigenvalue weighted by Gasteiger charge is -2.36. The van der Waals surface area contributed by atoms with Crippen molar-refractivity contribution in [3.8, 4) is 0 Å². The first-order valence-corrected chi connectivity index (χ1v) is 8.74. The second kappa shape index (κ2) is 7.67. The molecule has 1 aromatic rings. The van der Waals surface area contributed by atoms with Gasteiger partial charge in [-0.15, -0.1) is 0 Å². The van der Waals surface area contributed by atoms with Crippen molar-refractivity contribution in [2.24, 2.45) is 5.41 Å². The number of carbonyl (C=O) groups is 2. The lowest BCUT2D eigenvalue weighted by atomic mass is 9.78. The lowest BCUT2D eigenvalue weighted by molar-refractivity contribution is -0.138. The number of hydrogen-bond donors (Lipinski definition) is 2. The van der Waals surface area contributed by atoms with Gasteiger partial charge in [-0.05, 0) is 44.5 Å². The van der Waals surface area contributed by atoms with Gasteiger partial charge in [0.05, 0.1) is 12.0 Å². The Morgan fingerprint density at radius 2 is 2.00 bits per heavy atom. The quantitative estimate of drug-likeness (QED) is 0.821. The summed E-state index contributed by atoms with van der Waals surface area (Å²) in [5.74, 6) is -2.32. The number of piperidine rings is 1. The molecule has 2 N–H and O–H groups in total. The molecule has 3 rings (SSSR count). The molecule has 1 aromatic carbocycles. The Morgan fingerprint density at radius 1 is 1.35 bits per heavy atom. The molecule has 6 nitrogen and oxygen atoms in total. The fraction of sp³-hybridized carbons (Fsp3) is 0.556. The van der Waals surface area contributed by atoms with E-state index in [0.29, 0.717) is 32.4 Å². The van der Waals surface area contributed by atoms with Gasteiger partial charge in [0.2, 0.25) is 11.8 Å². The van der Waals surface area contributed by atoms with Crippen molar-refractivity contribution in [2.45, 2.75) is 25.3 Å². The van der Waals surface area contributed by atoms with Crippen LogP contribution >= 0.6 is 0 Å². The summed E-state index contributed by atoms with van der Waals surface area (Å²) in [5.41, 5.74) is -1.04. The Bertz CT molecular complexity index is 666. The maximum absolute atomic E-state index is 14.0. The minimum Gasteiger partial charge on any atom is -0.384 e. The third kappa shape index (κ3) is 3.43. The molecule has 142 valence electrons. The van der Waals surface area contributed by atoms with Crippen molar-refractivity contribution in [1.82, 2.24) is 10.6 Å². The zero-order valence-corrected chi connectivity index (χ0v) is 14.7. The molecule has 0 aliphatic carbocycles. The first-order chi connectivity index (χ1) is 12.5. The molecule has 2 fully saturated rings. The number of rotatable bonds is 5. The number of anilines is 1. The smallest absolute Gasteiger partial charge is 0.249 e. The van der Waals surface area contributed by atoms with Crippen LogP contribution in [0.5, 0.6) is 0 Å². The van der Waals surface area contributed by atoms with Crippen LogP contribution in [-0.4, -0.2) is 51.2 Å². The molecule has 0 bridgehead atoms. The number of benzene rings is 1. The molecular weight excluding hydrogens is 344 g/mol. The maximum atomic E-state index is 14.0. The van der Waals surface area contributed by atoms with Gasteiger partial charge in [0.25, 0.3) is 0 Å². The zero-order chi connectivity index (χ0) is 18.7. The minimum atomic E-state index is -0.792. The highest BCUT2D eigenvalue weighted by atomic mass is 19.1. The third-order valence-corrected chi connectivity index (χ3v) is 5.18. The first kappa shape index (κ1) is 18.7. The monoisotopic (exact) mass is 367 g/mol. The van der Waals surface area contributed by atoms with E-state index in [1.807, 2.05) is 0 Å². The molecule has 26 heavy (non-hydrogen) atoms. The topological polar surface area (TPSA) is 70.7 Å². The second-order valence-corrected chi connectivity index (χ2v) is 6.84. The van der Waals surface area contributed by atoms with E-state index in [-0.39, 0.29) is 24.7 Å². The molecule has 2 heterocycles. The largest absolute Gasteiger partial charge is 0.384 e. The summed E-state index contributed by atoms with van der Waals surface area (Å²) in [5, 5.41) is 5.98. The Morgan fingerprint density at radius 3 is 2.62 bits per heavy atom. The Balaban J connectivity index is 1.73. The van der Waals surface area contributed by atoms with Crippen molar-refractivity contribution in [3.05, 3.63) is 29.8 Å². The van der Waals surface area contributed by atoms with Crippen LogP contribution in [0.2, 0.25) is 0 Å². The van der Waals surface area contributed by atoms with E-state index in [1.54, 1.807) is 7.11 Å². The van der Waals surface area contributed by atoms with E-state index in [9.17, 15) is 18.4 Å². The van der Waals surface area contributed by atoms with Gasteiger partial charge in [-0.3, -0.25) is 9.59 Å². The molecule has 1 atom stereocenters. The molecule has 2 saturated heterocycles. The van der Waals surface area contributed by atoms with Crippen LogP contribution in [0.15, 0.2) is 18.2 Å². The number of hydrogen-bond acceptors (Lipinski definition) is 4. The molecular formula is C18H23F2N3O3. The molecule has 0 aromatic heterocycles. The number of halogens is 2. The maximum Gasteiger partial charge on any atom is 0.249 e. The molecule has 0 saturated carbocycles. The van der Waals surface area contributed by atoms with E-state index in [4.69, 9.17) is 4.74 Å². The summed E-state index contributed by atoms with van der Waals surface area (Å²) in [6.07, 6.45) is 1.53. The first-order valence-electron chi connectivity index (χ1n) is 8.74. The highest BCUT2D eigenvalue weighted by Crippen LogP contribution is 2.31. The summed E-state index contributed by atoms with van der Waals surface area (Å²) in [6.45, 7) is 1.82. The fourth-order valence-corrected chi connectivity index (χ4v) is 3.71. The van der Waals surface area contributed by atoms with Gasteiger partial charge in [0, 0.05) is 13.7 Å². The Labute approximate surface area is 150 Å². The van der Waals surface area contributed by atoms with E-state index in [2.05, 4.69) is 10.6 Å². The summed E-state index contributed by atoms with van der Waals surface area (Å²) < 4.78 is 33.2. The van der Waals surface area contributed by atoms with Gasteiger partial charge < -0.3 is 20.3 Å². The fourth-order valence-electron chi connectivity index (χ4n) is 3.71. The summed E-state index contributed by atoms with van der Waals surface area (Å²) in [7, 11) is 1.54. The summed E-state index contributed by atoms with van der Waals surface area (Å²) in [4.78, 5) is 26.5. The van der Waals surface area contributed by atoms with Crippen LogP contribution in [-0.2, 0) is 14.3 Å². The van der Waals surface area contributed by atoms with Gasteiger partial charge in [-0.25, -0.2) is 8.78 Å². The molecule has 1 unspecified atom stereocenters. The van der Waals surface area contributed by atoms with Crippen molar-refractivity contribution < 1.29 is 23.1 Å². The number of amides is 2.